The first-order valence-electron chi connectivity index (χ1n) is 6.19. The zero-order chi connectivity index (χ0) is 12.1. The highest BCUT2D eigenvalue weighted by atomic mass is 35.5. The molecule has 1 atom stereocenters. The molecule has 0 N–H and O–H groups in total. The average Bonchev–Trinajstić information content (AvgIpc) is 2.25. The van der Waals surface area contributed by atoms with Crippen LogP contribution in [-0.4, -0.2) is 0 Å². The highest BCUT2D eigenvalue weighted by Gasteiger charge is 2.16. The van der Waals surface area contributed by atoms with Crippen molar-refractivity contribution in [1.29, 1.82) is 0 Å². The van der Waals surface area contributed by atoms with Crippen LogP contribution in [-0.2, 0) is 5.88 Å². The molecule has 90 valence electrons. The number of alkyl halides is 1. The van der Waals surface area contributed by atoms with Gasteiger partial charge in [-0.2, -0.15) is 0 Å². The molecule has 0 bridgehead atoms. The van der Waals surface area contributed by atoms with Gasteiger partial charge in [-0.25, -0.2) is 0 Å². The molecule has 1 heteroatoms. The first kappa shape index (κ1) is 13.6. The van der Waals surface area contributed by atoms with Crippen molar-refractivity contribution in [2.24, 2.45) is 11.8 Å². The summed E-state index contributed by atoms with van der Waals surface area (Å²) in [7, 11) is 0. The maximum atomic E-state index is 5.81. The van der Waals surface area contributed by atoms with Crippen molar-refractivity contribution in [1.82, 2.24) is 0 Å². The Morgan fingerprint density at radius 3 is 1.94 bits per heavy atom. The Morgan fingerprint density at radius 2 is 1.56 bits per heavy atom. The summed E-state index contributed by atoms with van der Waals surface area (Å²) in [6.07, 6.45) is 1.26. The fourth-order valence-corrected chi connectivity index (χ4v) is 2.33. The van der Waals surface area contributed by atoms with E-state index >= 15 is 0 Å². The van der Waals surface area contributed by atoms with Crippen molar-refractivity contribution in [3.63, 3.8) is 0 Å². The van der Waals surface area contributed by atoms with Crippen LogP contribution in [0.3, 0.4) is 0 Å². The summed E-state index contributed by atoms with van der Waals surface area (Å²) in [4.78, 5) is 0. The van der Waals surface area contributed by atoms with Crippen molar-refractivity contribution in [2.45, 2.75) is 45.9 Å². The molecule has 0 amide bonds. The van der Waals surface area contributed by atoms with Gasteiger partial charge >= 0.3 is 0 Å². The lowest BCUT2D eigenvalue weighted by Crippen LogP contribution is -2.09. The molecular weight excluding hydrogens is 216 g/mol. The number of halogens is 1. The Bertz CT molecular complexity index is 298. The molecule has 0 spiro atoms. The van der Waals surface area contributed by atoms with Crippen molar-refractivity contribution < 1.29 is 0 Å². The highest BCUT2D eigenvalue weighted by molar-refractivity contribution is 6.17. The van der Waals surface area contributed by atoms with Crippen LogP contribution in [0, 0.1) is 11.8 Å². The van der Waals surface area contributed by atoms with Gasteiger partial charge in [0.05, 0.1) is 0 Å². The molecular formula is C15H23Cl. The van der Waals surface area contributed by atoms with E-state index < -0.39 is 0 Å². The maximum Gasteiger partial charge on any atom is 0.0474 e. The molecule has 1 aromatic carbocycles. The Kier molecular flexibility index (Phi) is 5.34. The highest BCUT2D eigenvalue weighted by Crippen LogP contribution is 2.31. The third kappa shape index (κ3) is 3.83. The summed E-state index contributed by atoms with van der Waals surface area (Å²) in [6.45, 7) is 9.20. The average molecular weight is 239 g/mol. The van der Waals surface area contributed by atoms with Crippen molar-refractivity contribution in [3.05, 3.63) is 35.4 Å². The molecule has 0 radical (unpaired) electrons. The van der Waals surface area contributed by atoms with E-state index in [1.807, 2.05) is 0 Å². The quantitative estimate of drug-likeness (QED) is 0.618. The smallest absolute Gasteiger partial charge is 0.0474 e. The summed E-state index contributed by atoms with van der Waals surface area (Å²) in [5.41, 5.74) is 2.66. The van der Waals surface area contributed by atoms with Gasteiger partial charge in [-0.1, -0.05) is 52.0 Å². The van der Waals surface area contributed by atoms with E-state index in [0.29, 0.717) is 17.7 Å². The molecule has 0 saturated heterocycles. The number of hydrogen-bond acceptors (Lipinski definition) is 0. The topological polar surface area (TPSA) is 0 Å². The minimum atomic E-state index is 0.608. The second-order valence-electron chi connectivity index (χ2n) is 5.36. The predicted molar refractivity (Wildman–Crippen MR) is 73.0 cm³/mol. The first-order chi connectivity index (χ1) is 7.54. The monoisotopic (exact) mass is 238 g/mol. The Labute approximate surface area is 105 Å². The molecule has 0 aromatic heterocycles. The van der Waals surface area contributed by atoms with Crippen LogP contribution in [0.25, 0.3) is 0 Å². The van der Waals surface area contributed by atoms with E-state index in [9.17, 15) is 0 Å². The molecule has 0 aliphatic heterocycles. The van der Waals surface area contributed by atoms with E-state index in [4.69, 9.17) is 11.6 Å². The van der Waals surface area contributed by atoms with Crippen LogP contribution < -0.4 is 0 Å². The summed E-state index contributed by atoms with van der Waals surface area (Å²) < 4.78 is 0. The normalized spacial score (nSPS) is 13.4. The van der Waals surface area contributed by atoms with Gasteiger partial charge in [0.2, 0.25) is 0 Å². The van der Waals surface area contributed by atoms with Crippen LogP contribution in [0.1, 0.15) is 51.2 Å². The Morgan fingerprint density at radius 1 is 1.00 bits per heavy atom. The van der Waals surface area contributed by atoms with Crippen molar-refractivity contribution in [3.8, 4) is 0 Å². The van der Waals surface area contributed by atoms with Gasteiger partial charge < -0.3 is 0 Å². The summed E-state index contributed by atoms with van der Waals surface area (Å²) in [5.74, 6) is 2.73. The summed E-state index contributed by atoms with van der Waals surface area (Å²) in [5, 5.41) is 0. The van der Waals surface area contributed by atoms with Gasteiger partial charge in [-0.15, -0.1) is 11.6 Å². The summed E-state index contributed by atoms with van der Waals surface area (Å²) >= 11 is 5.81. The molecule has 1 aromatic rings. The minimum Gasteiger partial charge on any atom is -0.122 e. The third-order valence-corrected chi connectivity index (χ3v) is 3.40. The Balaban J connectivity index is 2.84. The van der Waals surface area contributed by atoms with Crippen LogP contribution in [0.4, 0.5) is 0 Å². The fraction of sp³-hybridized carbons (Fsp3) is 0.600. The van der Waals surface area contributed by atoms with E-state index in [1.165, 1.54) is 17.5 Å². The second kappa shape index (κ2) is 6.30. The van der Waals surface area contributed by atoms with E-state index in [2.05, 4.69) is 52.0 Å². The lowest BCUT2D eigenvalue weighted by Gasteiger charge is -2.23. The molecule has 16 heavy (non-hydrogen) atoms. The van der Waals surface area contributed by atoms with Crippen LogP contribution >= 0.6 is 11.6 Å². The fourth-order valence-electron chi connectivity index (χ4n) is 2.15. The van der Waals surface area contributed by atoms with Crippen LogP contribution in [0.15, 0.2) is 24.3 Å². The van der Waals surface area contributed by atoms with E-state index in [0.717, 1.165) is 5.92 Å². The lowest BCUT2D eigenvalue weighted by molar-refractivity contribution is 0.408. The molecule has 1 unspecified atom stereocenters. The zero-order valence-electron chi connectivity index (χ0n) is 10.8. The lowest BCUT2D eigenvalue weighted by atomic mass is 9.82. The van der Waals surface area contributed by atoms with Gasteiger partial charge in [-0.3, -0.25) is 0 Å². The van der Waals surface area contributed by atoms with Gasteiger partial charge in [-0.05, 0) is 35.3 Å². The standard InChI is InChI=1S/C15H23Cl/c1-11(2)9-15(12(3)4)14-7-5-13(10-16)6-8-14/h5-8,11-12,15H,9-10H2,1-4H3. The van der Waals surface area contributed by atoms with Gasteiger partial charge in [0.1, 0.15) is 0 Å². The van der Waals surface area contributed by atoms with E-state index in [-0.39, 0.29) is 0 Å². The predicted octanol–water partition coefficient (Wildman–Crippen LogP) is 5.21. The summed E-state index contributed by atoms with van der Waals surface area (Å²) in [6, 6.07) is 8.78. The third-order valence-electron chi connectivity index (χ3n) is 3.09. The number of benzene rings is 1. The largest absolute Gasteiger partial charge is 0.122 e. The molecule has 1 rings (SSSR count). The molecule has 0 fully saturated rings. The second-order valence-corrected chi connectivity index (χ2v) is 5.62. The van der Waals surface area contributed by atoms with Gasteiger partial charge in [0, 0.05) is 5.88 Å². The number of hydrogen-bond donors (Lipinski definition) is 0. The van der Waals surface area contributed by atoms with Crippen molar-refractivity contribution in [2.75, 3.05) is 0 Å². The van der Waals surface area contributed by atoms with Gasteiger partial charge in [0.15, 0.2) is 0 Å². The van der Waals surface area contributed by atoms with Gasteiger partial charge in [0.25, 0.3) is 0 Å². The molecule has 0 aliphatic rings. The molecule has 0 saturated carbocycles. The zero-order valence-corrected chi connectivity index (χ0v) is 11.6. The maximum absolute atomic E-state index is 5.81. The molecule has 0 aliphatic carbocycles. The van der Waals surface area contributed by atoms with Crippen LogP contribution in [0.2, 0.25) is 0 Å². The minimum absolute atomic E-state index is 0.608. The number of rotatable bonds is 5. The van der Waals surface area contributed by atoms with Crippen LogP contribution in [0.5, 0.6) is 0 Å². The Hall–Kier alpha value is -0.490. The van der Waals surface area contributed by atoms with Crippen molar-refractivity contribution >= 4 is 11.6 Å². The van der Waals surface area contributed by atoms with E-state index in [1.54, 1.807) is 0 Å². The molecule has 0 heterocycles. The molecule has 0 nitrogen and oxygen atoms in total. The first-order valence-corrected chi connectivity index (χ1v) is 6.72. The SMILES string of the molecule is CC(C)CC(c1ccc(CCl)cc1)C(C)C.